The molecule has 0 atom stereocenters. The fourth-order valence-electron chi connectivity index (χ4n) is 1.76. The van der Waals surface area contributed by atoms with Gasteiger partial charge in [0.15, 0.2) is 0 Å². The van der Waals surface area contributed by atoms with E-state index in [1.807, 2.05) is 6.07 Å². The molecule has 2 N–H and O–H groups in total. The molecule has 1 amide bonds. The third kappa shape index (κ3) is 3.59. The van der Waals surface area contributed by atoms with Crippen molar-refractivity contribution in [2.75, 3.05) is 10.8 Å². The summed E-state index contributed by atoms with van der Waals surface area (Å²) in [6.07, 6.45) is 0. The van der Waals surface area contributed by atoms with Crippen molar-refractivity contribution in [2.45, 2.75) is 6.61 Å². The molecule has 0 radical (unpaired) electrons. The number of alkyl halides is 1. The Hall–Kier alpha value is -1.85. The van der Waals surface area contributed by atoms with E-state index in [9.17, 15) is 9.90 Å². The molecule has 0 saturated heterocycles. The molecule has 20 heavy (non-hydrogen) atoms. The average Bonchev–Trinajstić information content (AvgIpc) is 2.48. The number of nitrogens with one attached hydrogen (secondary N) is 1. The molecule has 0 heterocycles. The molecule has 4 nitrogen and oxygen atoms in total. The number of aliphatic hydroxyl groups is 1. The SMILES string of the molecule is O=C(Nc1ccccc1CO)c1cccc(OCBr)c1. The first kappa shape index (κ1) is 14.6. The Balaban J connectivity index is 2.17. The minimum Gasteiger partial charge on any atom is -0.482 e. The van der Waals surface area contributed by atoms with E-state index in [2.05, 4.69) is 21.2 Å². The molecule has 2 aromatic rings. The van der Waals surface area contributed by atoms with Crippen LogP contribution in [0.2, 0.25) is 0 Å². The van der Waals surface area contributed by atoms with Crippen molar-refractivity contribution < 1.29 is 14.6 Å². The van der Waals surface area contributed by atoms with E-state index in [-0.39, 0.29) is 12.5 Å². The summed E-state index contributed by atoms with van der Waals surface area (Å²) in [4.78, 5) is 12.2. The average molecular weight is 336 g/mol. The molecular weight excluding hydrogens is 322 g/mol. The van der Waals surface area contributed by atoms with Gasteiger partial charge in [-0.25, -0.2) is 0 Å². The van der Waals surface area contributed by atoms with Crippen LogP contribution >= 0.6 is 15.9 Å². The van der Waals surface area contributed by atoms with Crippen LogP contribution in [-0.4, -0.2) is 16.5 Å². The van der Waals surface area contributed by atoms with E-state index in [0.29, 0.717) is 28.1 Å². The predicted octanol–water partition coefficient (Wildman–Crippen LogP) is 3.16. The lowest BCUT2D eigenvalue weighted by molar-refractivity contribution is 0.102. The molecule has 2 rings (SSSR count). The Kier molecular flexibility index (Phi) is 5.15. The lowest BCUT2D eigenvalue weighted by Crippen LogP contribution is -2.13. The second kappa shape index (κ2) is 7.07. The number of halogens is 1. The number of hydrogen-bond acceptors (Lipinski definition) is 3. The molecule has 0 aromatic heterocycles. The number of hydrogen-bond donors (Lipinski definition) is 2. The van der Waals surface area contributed by atoms with Crippen LogP contribution < -0.4 is 10.1 Å². The van der Waals surface area contributed by atoms with Crippen molar-refractivity contribution in [3.63, 3.8) is 0 Å². The van der Waals surface area contributed by atoms with Crippen LogP contribution in [0.5, 0.6) is 5.75 Å². The van der Waals surface area contributed by atoms with Crippen LogP contribution in [0.4, 0.5) is 5.69 Å². The first-order valence-corrected chi connectivity index (χ1v) is 7.15. The summed E-state index contributed by atoms with van der Waals surface area (Å²) < 4.78 is 5.29. The van der Waals surface area contributed by atoms with Gasteiger partial charge in [0.25, 0.3) is 5.91 Å². The number of ether oxygens (including phenoxy) is 1. The second-order valence-corrected chi connectivity index (χ2v) is 4.51. The van der Waals surface area contributed by atoms with Gasteiger partial charge in [-0.3, -0.25) is 4.79 Å². The zero-order chi connectivity index (χ0) is 14.4. The number of rotatable bonds is 5. The maximum absolute atomic E-state index is 12.2. The highest BCUT2D eigenvalue weighted by Gasteiger charge is 2.09. The van der Waals surface area contributed by atoms with Crippen molar-refractivity contribution in [3.05, 3.63) is 59.7 Å². The molecule has 0 saturated carbocycles. The van der Waals surface area contributed by atoms with Crippen LogP contribution in [-0.2, 0) is 6.61 Å². The van der Waals surface area contributed by atoms with Gasteiger partial charge in [0.05, 0.1) is 6.61 Å². The highest BCUT2D eigenvalue weighted by molar-refractivity contribution is 9.09. The van der Waals surface area contributed by atoms with Gasteiger partial charge in [0, 0.05) is 16.8 Å². The first-order valence-electron chi connectivity index (χ1n) is 6.03. The van der Waals surface area contributed by atoms with E-state index >= 15 is 0 Å². The minimum atomic E-state index is -0.245. The summed E-state index contributed by atoms with van der Waals surface area (Å²) in [5.74, 6) is 0.371. The highest BCUT2D eigenvalue weighted by Crippen LogP contribution is 2.18. The minimum absolute atomic E-state index is 0.122. The number of carbonyl (C=O) groups excluding carboxylic acids is 1. The summed E-state index contributed by atoms with van der Waals surface area (Å²) in [7, 11) is 0. The fraction of sp³-hybridized carbons (Fsp3) is 0.133. The van der Waals surface area contributed by atoms with Crippen molar-refractivity contribution in [3.8, 4) is 5.75 Å². The summed E-state index contributed by atoms with van der Waals surface area (Å²) in [6.45, 7) is -0.122. The molecule has 0 bridgehead atoms. The van der Waals surface area contributed by atoms with Gasteiger partial charge in [-0.2, -0.15) is 0 Å². The van der Waals surface area contributed by atoms with Gasteiger partial charge < -0.3 is 15.2 Å². The van der Waals surface area contributed by atoms with Crippen LogP contribution in [0, 0.1) is 0 Å². The number of carbonyl (C=O) groups is 1. The van der Waals surface area contributed by atoms with Gasteiger partial charge in [0.1, 0.15) is 11.3 Å². The Bertz CT molecular complexity index is 601. The van der Waals surface area contributed by atoms with Crippen molar-refractivity contribution in [2.24, 2.45) is 0 Å². The molecule has 0 aliphatic heterocycles. The maximum Gasteiger partial charge on any atom is 0.255 e. The van der Waals surface area contributed by atoms with Gasteiger partial charge in [-0.1, -0.05) is 24.3 Å². The number of benzene rings is 2. The van der Waals surface area contributed by atoms with E-state index in [1.54, 1.807) is 42.5 Å². The maximum atomic E-state index is 12.2. The quantitative estimate of drug-likeness (QED) is 0.825. The molecule has 104 valence electrons. The molecular formula is C15H14BrNO3. The molecule has 0 spiro atoms. The molecule has 0 unspecified atom stereocenters. The molecule has 0 aliphatic carbocycles. The smallest absolute Gasteiger partial charge is 0.255 e. The molecule has 0 aliphatic rings. The summed E-state index contributed by atoms with van der Waals surface area (Å²) in [5, 5.41) is 12.0. The molecule has 0 fully saturated rings. The van der Waals surface area contributed by atoms with Crippen molar-refractivity contribution in [1.82, 2.24) is 0 Å². The summed E-state index contributed by atoms with van der Waals surface area (Å²) in [6, 6.07) is 14.0. The summed E-state index contributed by atoms with van der Waals surface area (Å²) in [5.41, 5.74) is 2.14. The van der Waals surface area contributed by atoms with Gasteiger partial charge >= 0.3 is 0 Å². The zero-order valence-electron chi connectivity index (χ0n) is 10.7. The lowest BCUT2D eigenvalue weighted by Gasteiger charge is -2.10. The van der Waals surface area contributed by atoms with Gasteiger partial charge in [-0.15, -0.1) is 0 Å². The monoisotopic (exact) mass is 335 g/mol. The first-order chi connectivity index (χ1) is 9.74. The third-order valence-electron chi connectivity index (χ3n) is 2.75. The fourth-order valence-corrected chi connectivity index (χ4v) is 2.03. The van der Waals surface area contributed by atoms with E-state index in [4.69, 9.17) is 4.74 Å². The number of amides is 1. The van der Waals surface area contributed by atoms with E-state index in [1.165, 1.54) is 0 Å². The van der Waals surface area contributed by atoms with Gasteiger partial charge in [-0.05, 0) is 40.2 Å². The third-order valence-corrected chi connectivity index (χ3v) is 2.98. The Labute approximate surface area is 125 Å². The van der Waals surface area contributed by atoms with E-state index < -0.39 is 0 Å². The standard InChI is InChI=1S/C15H14BrNO3/c16-10-20-13-6-3-5-11(8-13)15(19)17-14-7-2-1-4-12(14)9-18/h1-8,18H,9-10H2,(H,17,19). The molecule has 2 aromatic carbocycles. The Morgan fingerprint density at radius 2 is 2.00 bits per heavy atom. The van der Waals surface area contributed by atoms with Crippen LogP contribution in [0.15, 0.2) is 48.5 Å². The van der Waals surface area contributed by atoms with Gasteiger partial charge in [0.2, 0.25) is 0 Å². The number of anilines is 1. The topological polar surface area (TPSA) is 58.6 Å². The Morgan fingerprint density at radius 3 is 2.75 bits per heavy atom. The van der Waals surface area contributed by atoms with Crippen LogP contribution in [0.1, 0.15) is 15.9 Å². The normalized spacial score (nSPS) is 10.1. The highest BCUT2D eigenvalue weighted by atomic mass is 79.9. The zero-order valence-corrected chi connectivity index (χ0v) is 12.3. The van der Waals surface area contributed by atoms with Crippen LogP contribution in [0.3, 0.4) is 0 Å². The van der Waals surface area contributed by atoms with Crippen molar-refractivity contribution >= 4 is 27.5 Å². The number of para-hydroxylation sites is 1. The van der Waals surface area contributed by atoms with Crippen molar-refractivity contribution in [1.29, 1.82) is 0 Å². The summed E-state index contributed by atoms with van der Waals surface area (Å²) >= 11 is 3.17. The Morgan fingerprint density at radius 1 is 1.20 bits per heavy atom. The predicted molar refractivity (Wildman–Crippen MR) is 81.2 cm³/mol. The largest absolute Gasteiger partial charge is 0.482 e. The van der Waals surface area contributed by atoms with E-state index in [0.717, 1.165) is 0 Å². The molecule has 5 heteroatoms. The second-order valence-electron chi connectivity index (χ2n) is 4.05. The lowest BCUT2D eigenvalue weighted by atomic mass is 10.1. The number of aliphatic hydroxyl groups excluding tert-OH is 1. The van der Waals surface area contributed by atoms with Crippen LogP contribution in [0.25, 0.3) is 0 Å².